The highest BCUT2D eigenvalue weighted by Crippen LogP contribution is 2.28. The Morgan fingerprint density at radius 2 is 2.00 bits per heavy atom. The Hall–Kier alpha value is -3.26. The molecule has 1 N–H and O–H groups in total. The van der Waals surface area contributed by atoms with Crippen LogP contribution in [0, 0.1) is 13.8 Å². The van der Waals surface area contributed by atoms with Gasteiger partial charge in [-0.25, -0.2) is 9.78 Å². The van der Waals surface area contributed by atoms with Crippen LogP contribution in [0.3, 0.4) is 0 Å². The van der Waals surface area contributed by atoms with Gasteiger partial charge >= 0.3 is 5.97 Å². The number of thiophene rings is 1. The molecule has 4 rings (SSSR count). The van der Waals surface area contributed by atoms with E-state index in [1.54, 1.807) is 14.0 Å². The summed E-state index contributed by atoms with van der Waals surface area (Å²) in [5, 5.41) is 1.20. The Morgan fingerprint density at radius 1 is 1.25 bits per heavy atom. The largest absolute Gasteiger partial charge is 0.453 e. The van der Waals surface area contributed by atoms with E-state index in [2.05, 4.69) is 9.97 Å². The van der Waals surface area contributed by atoms with Gasteiger partial charge in [-0.15, -0.1) is 11.3 Å². The fraction of sp³-hybridized carbons (Fsp3) is 0.200. The standard InChI is InChI=1S/C20H17N3O4S/c1-10-15-18(21-9-23(3)19(15)25)28-17(10)20(26)27-8-14(24)16-11(2)22-13-7-5-4-6-12(13)16/h4-7,9,22H,8H2,1-3H3. The number of aryl methyl sites for hydroxylation is 3. The fourth-order valence-electron chi connectivity index (χ4n) is 3.31. The van der Waals surface area contributed by atoms with Crippen LogP contribution < -0.4 is 5.56 Å². The average Bonchev–Trinajstić information content (AvgIpc) is 3.19. The van der Waals surface area contributed by atoms with Crippen LogP contribution in [0.15, 0.2) is 35.4 Å². The van der Waals surface area contributed by atoms with Crippen LogP contribution in [0.4, 0.5) is 0 Å². The molecule has 1 aromatic carbocycles. The zero-order valence-electron chi connectivity index (χ0n) is 15.5. The van der Waals surface area contributed by atoms with E-state index in [1.807, 2.05) is 31.2 Å². The number of Topliss-reactive ketones (excluding diaryl/α,β-unsaturated/α-hetero) is 1. The summed E-state index contributed by atoms with van der Waals surface area (Å²) in [6.07, 6.45) is 1.42. The van der Waals surface area contributed by atoms with Crippen molar-refractivity contribution >= 4 is 44.2 Å². The summed E-state index contributed by atoms with van der Waals surface area (Å²) < 4.78 is 6.63. The molecule has 0 aliphatic rings. The van der Waals surface area contributed by atoms with Gasteiger partial charge in [0.05, 0.1) is 11.7 Å². The van der Waals surface area contributed by atoms with E-state index in [-0.39, 0.29) is 22.8 Å². The first-order chi connectivity index (χ1) is 13.4. The van der Waals surface area contributed by atoms with Gasteiger partial charge in [0.25, 0.3) is 5.56 Å². The molecule has 0 saturated carbocycles. The average molecular weight is 395 g/mol. The number of aromatic nitrogens is 3. The number of ether oxygens (including phenoxy) is 1. The molecule has 4 aromatic rings. The molecule has 0 aliphatic carbocycles. The quantitative estimate of drug-likeness (QED) is 0.423. The van der Waals surface area contributed by atoms with Crippen molar-refractivity contribution in [2.45, 2.75) is 13.8 Å². The van der Waals surface area contributed by atoms with Crippen LogP contribution in [-0.2, 0) is 11.8 Å². The number of nitrogens with one attached hydrogen (secondary N) is 1. The van der Waals surface area contributed by atoms with E-state index in [0.717, 1.165) is 27.9 Å². The highest BCUT2D eigenvalue weighted by Gasteiger charge is 2.22. The lowest BCUT2D eigenvalue weighted by molar-refractivity contribution is 0.0479. The second-order valence-corrected chi connectivity index (χ2v) is 7.57. The van der Waals surface area contributed by atoms with Gasteiger partial charge in [0.2, 0.25) is 5.78 Å². The summed E-state index contributed by atoms with van der Waals surface area (Å²) in [5.74, 6) is -0.912. The van der Waals surface area contributed by atoms with Crippen LogP contribution in [0.2, 0.25) is 0 Å². The Balaban J connectivity index is 1.59. The van der Waals surface area contributed by atoms with Gasteiger partial charge in [-0.05, 0) is 25.5 Å². The number of fused-ring (bicyclic) bond motifs is 2. The molecule has 142 valence electrons. The third kappa shape index (κ3) is 2.82. The predicted molar refractivity (Wildman–Crippen MR) is 107 cm³/mol. The van der Waals surface area contributed by atoms with Crippen molar-refractivity contribution in [2.24, 2.45) is 7.05 Å². The van der Waals surface area contributed by atoms with Crippen molar-refractivity contribution in [2.75, 3.05) is 6.61 Å². The first kappa shape index (κ1) is 18.1. The monoisotopic (exact) mass is 395 g/mol. The molecule has 8 heteroatoms. The van der Waals surface area contributed by atoms with Crippen molar-refractivity contribution < 1.29 is 14.3 Å². The van der Waals surface area contributed by atoms with Gasteiger partial charge in [-0.2, -0.15) is 0 Å². The first-order valence-electron chi connectivity index (χ1n) is 8.61. The molecule has 3 aromatic heterocycles. The lowest BCUT2D eigenvalue weighted by Crippen LogP contribution is -2.17. The van der Waals surface area contributed by atoms with E-state index in [9.17, 15) is 14.4 Å². The number of carbonyl (C=O) groups excluding carboxylic acids is 2. The first-order valence-corrected chi connectivity index (χ1v) is 9.42. The zero-order chi connectivity index (χ0) is 20.0. The molecule has 3 heterocycles. The minimum absolute atomic E-state index is 0.219. The number of benzene rings is 1. The number of H-pyrrole nitrogens is 1. The zero-order valence-corrected chi connectivity index (χ0v) is 16.3. The third-order valence-electron chi connectivity index (χ3n) is 4.70. The van der Waals surface area contributed by atoms with Crippen LogP contribution in [0.25, 0.3) is 21.1 Å². The molecule has 28 heavy (non-hydrogen) atoms. The topological polar surface area (TPSA) is 94.1 Å². The van der Waals surface area contributed by atoms with Gasteiger partial charge in [0.1, 0.15) is 9.71 Å². The van der Waals surface area contributed by atoms with Crippen molar-refractivity contribution in [3.8, 4) is 0 Å². The summed E-state index contributed by atoms with van der Waals surface area (Å²) in [5.41, 5.74) is 2.41. The molecule has 7 nitrogen and oxygen atoms in total. The summed E-state index contributed by atoms with van der Waals surface area (Å²) in [6, 6.07) is 7.48. The maximum atomic E-state index is 12.7. The van der Waals surface area contributed by atoms with Gasteiger partial charge in [-0.1, -0.05) is 18.2 Å². The number of aromatic amines is 1. The highest BCUT2D eigenvalue weighted by molar-refractivity contribution is 7.20. The van der Waals surface area contributed by atoms with Gasteiger partial charge < -0.3 is 14.3 Å². The molecule has 0 radical (unpaired) electrons. The highest BCUT2D eigenvalue weighted by atomic mass is 32.1. The van der Waals surface area contributed by atoms with E-state index >= 15 is 0 Å². The molecule has 0 unspecified atom stereocenters. The molecular formula is C20H17N3O4S. The Morgan fingerprint density at radius 3 is 2.79 bits per heavy atom. The van der Waals surface area contributed by atoms with Crippen LogP contribution in [0.5, 0.6) is 0 Å². The minimum Gasteiger partial charge on any atom is -0.453 e. The molecule has 0 amide bonds. The van der Waals surface area contributed by atoms with Crippen molar-refractivity contribution in [3.05, 3.63) is 62.6 Å². The maximum Gasteiger partial charge on any atom is 0.349 e. The predicted octanol–water partition coefficient (Wildman–Crippen LogP) is 3.13. The molecule has 0 spiro atoms. The van der Waals surface area contributed by atoms with E-state index < -0.39 is 5.97 Å². The molecule has 0 atom stereocenters. The number of ketones is 1. The van der Waals surface area contributed by atoms with Gasteiger partial charge in [0, 0.05) is 29.2 Å². The van der Waals surface area contributed by atoms with Crippen molar-refractivity contribution in [1.29, 1.82) is 0 Å². The molecule has 0 aliphatic heterocycles. The lowest BCUT2D eigenvalue weighted by Gasteiger charge is -2.04. The van der Waals surface area contributed by atoms with Crippen LogP contribution in [-0.4, -0.2) is 32.9 Å². The summed E-state index contributed by atoms with van der Waals surface area (Å²) >= 11 is 1.09. The molecular weight excluding hydrogens is 378 g/mol. The lowest BCUT2D eigenvalue weighted by atomic mass is 10.1. The van der Waals surface area contributed by atoms with Crippen molar-refractivity contribution in [1.82, 2.24) is 14.5 Å². The van der Waals surface area contributed by atoms with E-state index in [0.29, 0.717) is 21.3 Å². The third-order valence-corrected chi connectivity index (χ3v) is 5.88. The number of nitrogens with zero attached hydrogens (tertiary/aromatic N) is 2. The normalized spacial score (nSPS) is 11.2. The smallest absolute Gasteiger partial charge is 0.349 e. The number of hydrogen-bond donors (Lipinski definition) is 1. The summed E-state index contributed by atoms with van der Waals surface area (Å²) in [4.78, 5) is 45.6. The fourth-order valence-corrected chi connectivity index (χ4v) is 4.34. The number of carbonyl (C=O) groups is 2. The van der Waals surface area contributed by atoms with Crippen LogP contribution in [0.1, 0.15) is 31.3 Å². The molecule has 0 fully saturated rings. The Bertz CT molecular complexity index is 1310. The van der Waals surface area contributed by atoms with E-state index in [1.165, 1.54) is 10.9 Å². The number of esters is 1. The van der Waals surface area contributed by atoms with Crippen LogP contribution >= 0.6 is 11.3 Å². The molecule has 0 bridgehead atoms. The summed E-state index contributed by atoms with van der Waals surface area (Å²) in [6.45, 7) is 3.12. The van der Waals surface area contributed by atoms with Gasteiger partial charge in [0.15, 0.2) is 6.61 Å². The number of rotatable bonds is 4. The van der Waals surface area contributed by atoms with Crippen molar-refractivity contribution in [3.63, 3.8) is 0 Å². The second kappa shape index (κ2) is 6.72. The Kier molecular flexibility index (Phi) is 4.35. The second-order valence-electron chi connectivity index (χ2n) is 6.57. The maximum absolute atomic E-state index is 12.7. The SMILES string of the molecule is Cc1[nH]c2ccccc2c1C(=O)COC(=O)c1sc2ncn(C)c(=O)c2c1C. The minimum atomic E-state index is -0.631. The molecule has 0 saturated heterocycles. The summed E-state index contributed by atoms with van der Waals surface area (Å²) in [7, 11) is 1.60. The number of para-hydroxylation sites is 1. The Labute approximate surface area is 163 Å². The van der Waals surface area contributed by atoms with E-state index in [4.69, 9.17) is 4.74 Å². The van der Waals surface area contributed by atoms with Gasteiger partial charge in [-0.3, -0.25) is 9.59 Å². The number of hydrogen-bond acceptors (Lipinski definition) is 6.